The monoisotopic (exact) mass is 358 g/mol. The Labute approximate surface area is 149 Å². The van der Waals surface area contributed by atoms with Crippen LogP contribution in [-0.2, 0) is 12.2 Å². The summed E-state index contributed by atoms with van der Waals surface area (Å²) in [6.45, 7) is 3.83. The van der Waals surface area contributed by atoms with E-state index in [9.17, 15) is 0 Å². The molecule has 0 N–H and O–H groups in total. The van der Waals surface area contributed by atoms with Crippen molar-refractivity contribution in [3.63, 3.8) is 0 Å². The molecule has 0 saturated carbocycles. The Balaban J connectivity index is 1.53. The second kappa shape index (κ2) is 6.65. The number of piperidine rings is 1. The molecule has 0 aliphatic carbocycles. The highest BCUT2D eigenvalue weighted by atomic mass is 32.1. The Kier molecular flexibility index (Phi) is 4.35. The van der Waals surface area contributed by atoms with Gasteiger partial charge in [0, 0.05) is 23.5 Å². The van der Waals surface area contributed by atoms with Gasteiger partial charge in [0.1, 0.15) is 0 Å². The molecule has 1 aliphatic rings. The lowest BCUT2D eigenvalue weighted by molar-refractivity contribution is 0.0127. The number of aromatic nitrogens is 3. The van der Waals surface area contributed by atoms with Gasteiger partial charge in [-0.2, -0.15) is 4.98 Å². The van der Waals surface area contributed by atoms with Crippen LogP contribution in [0.25, 0.3) is 11.4 Å². The van der Waals surface area contributed by atoms with Crippen LogP contribution in [0.1, 0.15) is 29.3 Å². The van der Waals surface area contributed by atoms with Crippen LogP contribution in [-0.4, -0.2) is 33.1 Å². The third kappa shape index (κ3) is 3.34. The lowest BCUT2D eigenvalue weighted by Gasteiger charge is -2.34. The molecule has 2 aromatic heterocycles. The minimum Gasteiger partial charge on any atom is -0.335 e. The van der Waals surface area contributed by atoms with Crippen molar-refractivity contribution in [3.05, 3.63) is 52.3 Å². The predicted octanol–water partition coefficient (Wildman–Crippen LogP) is 3.96. The summed E-state index contributed by atoms with van der Waals surface area (Å²) < 4.78 is 20.9. The lowest BCUT2D eigenvalue weighted by atomic mass is 9.94. The van der Waals surface area contributed by atoms with Gasteiger partial charge in [0.25, 0.3) is 5.89 Å². The van der Waals surface area contributed by atoms with Crippen molar-refractivity contribution in [3.8, 4) is 11.4 Å². The third-order valence-corrected chi connectivity index (χ3v) is 5.49. The Morgan fingerprint density at radius 2 is 2.16 bits per heavy atom. The highest BCUT2D eigenvalue weighted by molar-refractivity contribution is 7.09. The van der Waals surface area contributed by atoms with Crippen molar-refractivity contribution >= 4 is 11.3 Å². The molecule has 0 bridgehead atoms. The van der Waals surface area contributed by atoms with E-state index in [2.05, 4.69) is 20.0 Å². The summed E-state index contributed by atoms with van der Waals surface area (Å²) in [5, 5.41) is 3.97. The van der Waals surface area contributed by atoms with Gasteiger partial charge in [-0.05, 0) is 26.3 Å². The molecule has 1 saturated heterocycles. The summed E-state index contributed by atoms with van der Waals surface area (Å²) in [6.07, 6.45) is 1.17. The molecule has 5 nitrogen and oxygen atoms in total. The number of nitrogens with zero attached hydrogens (tertiary/aromatic N) is 4. The topological polar surface area (TPSA) is 55.1 Å². The van der Waals surface area contributed by atoms with Crippen LogP contribution in [0.3, 0.4) is 0 Å². The summed E-state index contributed by atoms with van der Waals surface area (Å²) in [4.78, 5) is 11.9. The van der Waals surface area contributed by atoms with Crippen LogP contribution >= 0.6 is 11.3 Å². The average molecular weight is 358 g/mol. The van der Waals surface area contributed by atoms with Crippen LogP contribution in [0.2, 0.25) is 0 Å². The van der Waals surface area contributed by atoms with E-state index in [1.807, 2.05) is 42.8 Å². The number of hydrogen-bond donors (Lipinski definition) is 0. The Morgan fingerprint density at radius 1 is 1.32 bits per heavy atom. The second-order valence-corrected chi connectivity index (χ2v) is 7.37. The van der Waals surface area contributed by atoms with E-state index >= 15 is 4.39 Å². The normalized spacial score (nSPS) is 21.5. The first kappa shape index (κ1) is 16.4. The fourth-order valence-electron chi connectivity index (χ4n) is 3.20. The third-order valence-electron chi connectivity index (χ3n) is 4.57. The molecule has 1 aliphatic heterocycles. The van der Waals surface area contributed by atoms with E-state index in [1.54, 1.807) is 11.3 Å². The fraction of sp³-hybridized carbons (Fsp3) is 0.389. The molecule has 4 rings (SSSR count). The van der Waals surface area contributed by atoms with Gasteiger partial charge < -0.3 is 4.52 Å². The maximum absolute atomic E-state index is 15.6. The summed E-state index contributed by atoms with van der Waals surface area (Å²) in [5.41, 5.74) is 2.08. The molecule has 25 heavy (non-hydrogen) atoms. The van der Waals surface area contributed by atoms with Crippen molar-refractivity contribution in [2.24, 2.45) is 0 Å². The average Bonchev–Trinajstić information content (AvgIpc) is 3.26. The van der Waals surface area contributed by atoms with Crippen molar-refractivity contribution in [2.45, 2.75) is 32.0 Å². The first-order chi connectivity index (χ1) is 12.1. The zero-order valence-corrected chi connectivity index (χ0v) is 14.8. The van der Waals surface area contributed by atoms with Crippen molar-refractivity contribution < 1.29 is 8.91 Å². The van der Waals surface area contributed by atoms with Crippen molar-refractivity contribution in [1.82, 2.24) is 20.0 Å². The smallest absolute Gasteiger partial charge is 0.265 e. The highest BCUT2D eigenvalue weighted by Gasteiger charge is 2.42. The minimum absolute atomic E-state index is 0.0806. The van der Waals surface area contributed by atoms with Crippen molar-refractivity contribution in [2.75, 3.05) is 13.1 Å². The molecule has 1 atom stereocenters. The van der Waals surface area contributed by atoms with Crippen LogP contribution in [0.15, 0.2) is 40.4 Å². The number of benzene rings is 1. The zero-order chi connectivity index (χ0) is 17.3. The molecule has 3 heterocycles. The molecule has 7 heteroatoms. The van der Waals surface area contributed by atoms with E-state index in [0.717, 1.165) is 24.2 Å². The highest BCUT2D eigenvalue weighted by Crippen LogP contribution is 2.36. The maximum atomic E-state index is 15.6. The molecule has 1 fully saturated rings. The summed E-state index contributed by atoms with van der Waals surface area (Å²) in [5.74, 6) is 0.514. The molecule has 1 aromatic carbocycles. The molecule has 1 unspecified atom stereocenters. The van der Waals surface area contributed by atoms with Crippen LogP contribution in [0, 0.1) is 6.92 Å². The predicted molar refractivity (Wildman–Crippen MR) is 93.9 cm³/mol. The van der Waals surface area contributed by atoms with Crippen LogP contribution in [0.5, 0.6) is 0 Å². The number of thiazole rings is 1. The molecular weight excluding hydrogens is 339 g/mol. The number of alkyl halides is 1. The summed E-state index contributed by atoms with van der Waals surface area (Å²) >= 11 is 1.61. The molecule has 0 spiro atoms. The van der Waals surface area contributed by atoms with Gasteiger partial charge in [-0.1, -0.05) is 35.5 Å². The van der Waals surface area contributed by atoms with Gasteiger partial charge >= 0.3 is 0 Å². The number of halogens is 1. The van der Waals surface area contributed by atoms with Gasteiger partial charge in [-0.3, -0.25) is 4.90 Å². The minimum atomic E-state index is -1.60. The second-order valence-electron chi connectivity index (χ2n) is 6.43. The van der Waals surface area contributed by atoms with E-state index in [-0.39, 0.29) is 12.4 Å². The molecule has 130 valence electrons. The van der Waals surface area contributed by atoms with Gasteiger partial charge in [-0.15, -0.1) is 11.3 Å². The standard InChI is InChI=1S/C18H19FN4OS/c1-13-15(25-12-20-13)10-23-9-5-8-18(19,11-23)17-21-16(22-24-17)14-6-3-2-4-7-14/h2-4,6-7,12H,5,8-11H2,1H3. The Bertz CT molecular complexity index is 850. The molecular formula is C18H19FN4OS. The lowest BCUT2D eigenvalue weighted by Crippen LogP contribution is -2.43. The first-order valence-electron chi connectivity index (χ1n) is 8.34. The number of hydrogen-bond acceptors (Lipinski definition) is 6. The Hall–Kier alpha value is -2.12. The largest absolute Gasteiger partial charge is 0.335 e. The van der Waals surface area contributed by atoms with Crippen LogP contribution < -0.4 is 0 Å². The number of rotatable bonds is 4. The first-order valence-corrected chi connectivity index (χ1v) is 9.22. The summed E-state index contributed by atoms with van der Waals surface area (Å²) in [7, 11) is 0. The molecule has 0 amide bonds. The molecule has 0 radical (unpaired) electrons. The van der Waals surface area contributed by atoms with E-state index in [1.165, 1.54) is 4.88 Å². The van der Waals surface area contributed by atoms with Gasteiger partial charge in [0.15, 0.2) is 0 Å². The Morgan fingerprint density at radius 3 is 2.92 bits per heavy atom. The van der Waals surface area contributed by atoms with Crippen LogP contribution in [0.4, 0.5) is 4.39 Å². The maximum Gasteiger partial charge on any atom is 0.265 e. The zero-order valence-electron chi connectivity index (χ0n) is 14.0. The van der Waals surface area contributed by atoms with Gasteiger partial charge in [0.2, 0.25) is 11.5 Å². The van der Waals surface area contributed by atoms with Crippen molar-refractivity contribution in [1.29, 1.82) is 0 Å². The quantitative estimate of drug-likeness (QED) is 0.706. The number of likely N-dealkylation sites (tertiary alicyclic amines) is 1. The van der Waals surface area contributed by atoms with E-state index in [0.29, 0.717) is 18.8 Å². The summed E-state index contributed by atoms with van der Waals surface area (Å²) in [6, 6.07) is 9.49. The van der Waals surface area contributed by atoms with Gasteiger partial charge in [0.05, 0.1) is 11.2 Å². The SMILES string of the molecule is Cc1ncsc1CN1CCCC(F)(c2nc(-c3ccccc3)no2)C1. The fourth-order valence-corrected chi connectivity index (χ4v) is 4.01. The van der Waals surface area contributed by atoms with Gasteiger partial charge in [-0.25, -0.2) is 9.37 Å². The van der Waals surface area contributed by atoms with E-state index in [4.69, 9.17) is 4.52 Å². The molecule has 3 aromatic rings. The van der Waals surface area contributed by atoms with E-state index < -0.39 is 5.67 Å². The number of aryl methyl sites for hydroxylation is 1.